The van der Waals surface area contributed by atoms with Crippen molar-refractivity contribution in [2.45, 2.75) is 24.8 Å². The molecule has 1 saturated heterocycles. The van der Waals surface area contributed by atoms with Crippen molar-refractivity contribution in [3.63, 3.8) is 0 Å². The number of benzene rings is 1. The molecule has 2 N–H and O–H groups in total. The summed E-state index contributed by atoms with van der Waals surface area (Å²) in [6.07, 6.45) is 2.32. The second kappa shape index (κ2) is 6.66. The highest BCUT2D eigenvalue weighted by Gasteiger charge is 2.54. The number of halogens is 1. The summed E-state index contributed by atoms with van der Waals surface area (Å²) >= 11 is 3.73. The molecule has 1 atom stereocenters. The van der Waals surface area contributed by atoms with E-state index in [4.69, 9.17) is 0 Å². The highest BCUT2D eigenvalue weighted by atomic mass is 127. The number of amides is 4. The van der Waals surface area contributed by atoms with Crippen LogP contribution in [0.2, 0.25) is 0 Å². The number of carbonyl (C=O) groups is 3. The van der Waals surface area contributed by atoms with Gasteiger partial charge in [0, 0.05) is 14.0 Å². The van der Waals surface area contributed by atoms with Gasteiger partial charge >= 0.3 is 6.03 Å². The van der Waals surface area contributed by atoms with Crippen molar-refractivity contribution < 1.29 is 14.4 Å². The maximum Gasteiger partial charge on any atom is 0.325 e. The first-order chi connectivity index (χ1) is 12.5. The Labute approximate surface area is 168 Å². The Morgan fingerprint density at radius 1 is 1.31 bits per heavy atom. The lowest BCUT2D eigenvalue weighted by molar-refractivity contribution is -0.134. The Morgan fingerprint density at radius 2 is 2.12 bits per heavy atom. The van der Waals surface area contributed by atoms with Crippen molar-refractivity contribution in [1.29, 1.82) is 0 Å². The summed E-state index contributed by atoms with van der Waals surface area (Å²) in [7, 11) is 0. The summed E-state index contributed by atoms with van der Waals surface area (Å²) in [5.74, 6) is -0.726. The number of imide groups is 1. The number of thiophene rings is 1. The Hall–Kier alpha value is -1.94. The summed E-state index contributed by atoms with van der Waals surface area (Å²) in [5, 5.41) is 7.57. The van der Waals surface area contributed by atoms with Crippen LogP contribution in [0, 0.1) is 3.57 Å². The minimum absolute atomic E-state index is 0.295. The number of fused-ring (bicyclic) bond motifs is 2. The molecule has 1 aromatic carbocycles. The molecular formula is C18H16IN3O3S. The van der Waals surface area contributed by atoms with E-state index in [1.54, 1.807) is 17.4 Å². The van der Waals surface area contributed by atoms with Crippen LogP contribution in [-0.4, -0.2) is 29.3 Å². The minimum Gasteiger partial charge on any atom is -0.324 e. The van der Waals surface area contributed by atoms with Gasteiger partial charge in [-0.25, -0.2) is 4.79 Å². The molecule has 1 spiro atoms. The van der Waals surface area contributed by atoms with Crippen LogP contribution in [0.25, 0.3) is 0 Å². The number of nitrogens with zero attached hydrogens (tertiary/aromatic N) is 1. The van der Waals surface area contributed by atoms with Crippen molar-refractivity contribution in [3.05, 3.63) is 49.7 Å². The zero-order valence-corrected chi connectivity index (χ0v) is 16.7. The third-order valence-electron chi connectivity index (χ3n) is 4.79. The molecule has 1 unspecified atom stereocenters. The Kier molecular flexibility index (Phi) is 4.47. The van der Waals surface area contributed by atoms with Gasteiger partial charge in [-0.1, -0.05) is 12.1 Å². The van der Waals surface area contributed by atoms with Crippen molar-refractivity contribution in [1.82, 2.24) is 10.2 Å². The molecule has 8 heteroatoms. The SMILES string of the molecule is O=C(CN1C(=O)NC2(CCCc3sccc32)C1=O)Nc1ccccc1I. The van der Waals surface area contributed by atoms with E-state index in [-0.39, 0.29) is 12.5 Å². The lowest BCUT2D eigenvalue weighted by atomic mass is 9.80. The number of nitrogens with one attached hydrogen (secondary N) is 2. The number of rotatable bonds is 3. The minimum atomic E-state index is -1.01. The predicted molar refractivity (Wildman–Crippen MR) is 107 cm³/mol. The molecule has 1 aromatic heterocycles. The van der Waals surface area contributed by atoms with E-state index in [0.717, 1.165) is 31.8 Å². The molecule has 1 aliphatic carbocycles. The van der Waals surface area contributed by atoms with Crippen molar-refractivity contribution in [3.8, 4) is 0 Å². The normalized spacial score (nSPS) is 21.7. The number of urea groups is 1. The van der Waals surface area contributed by atoms with Crippen LogP contribution in [0.1, 0.15) is 23.3 Å². The van der Waals surface area contributed by atoms with Crippen LogP contribution in [0.5, 0.6) is 0 Å². The highest BCUT2D eigenvalue weighted by molar-refractivity contribution is 14.1. The molecule has 0 bridgehead atoms. The molecule has 0 saturated carbocycles. The maximum absolute atomic E-state index is 13.1. The molecule has 2 heterocycles. The number of anilines is 1. The van der Waals surface area contributed by atoms with Gasteiger partial charge in [-0.15, -0.1) is 11.3 Å². The molecule has 0 radical (unpaired) electrons. The average molecular weight is 481 g/mol. The zero-order chi connectivity index (χ0) is 18.3. The van der Waals surface area contributed by atoms with E-state index in [0.29, 0.717) is 12.1 Å². The standard InChI is InChI=1S/C18H16IN3O3S/c19-12-4-1-2-5-13(12)20-15(23)10-22-16(24)18(21-17(22)25)8-3-6-14-11(18)7-9-26-14/h1-2,4-5,7,9H,3,6,8,10H2,(H,20,23)(H,21,25). The number of para-hydroxylation sites is 1. The van der Waals surface area contributed by atoms with E-state index >= 15 is 0 Å². The first-order valence-corrected chi connectivity index (χ1v) is 10.2. The number of hydrogen-bond donors (Lipinski definition) is 2. The number of aryl methyl sites for hydroxylation is 1. The molecule has 4 rings (SSSR count). The van der Waals surface area contributed by atoms with Crippen molar-refractivity contribution in [2.24, 2.45) is 0 Å². The molecule has 1 fully saturated rings. The number of hydrogen-bond acceptors (Lipinski definition) is 4. The summed E-state index contributed by atoms with van der Waals surface area (Å²) in [4.78, 5) is 40.1. The zero-order valence-electron chi connectivity index (χ0n) is 13.8. The van der Waals surface area contributed by atoms with Gasteiger partial charge < -0.3 is 10.6 Å². The van der Waals surface area contributed by atoms with E-state index in [9.17, 15) is 14.4 Å². The molecule has 26 heavy (non-hydrogen) atoms. The Bertz CT molecular complexity index is 913. The Balaban J connectivity index is 1.54. The van der Waals surface area contributed by atoms with Crippen LogP contribution in [0.3, 0.4) is 0 Å². The summed E-state index contributed by atoms with van der Waals surface area (Å²) in [6.45, 7) is -0.295. The van der Waals surface area contributed by atoms with E-state index in [1.165, 1.54) is 0 Å². The smallest absolute Gasteiger partial charge is 0.324 e. The van der Waals surface area contributed by atoms with Gasteiger partial charge in [-0.2, -0.15) is 0 Å². The lowest BCUT2D eigenvalue weighted by Crippen LogP contribution is -2.46. The Morgan fingerprint density at radius 3 is 2.92 bits per heavy atom. The third kappa shape index (κ3) is 2.81. The van der Waals surface area contributed by atoms with E-state index < -0.39 is 17.5 Å². The largest absolute Gasteiger partial charge is 0.325 e. The highest BCUT2D eigenvalue weighted by Crippen LogP contribution is 2.42. The van der Waals surface area contributed by atoms with Crippen molar-refractivity contribution >= 4 is 57.5 Å². The average Bonchev–Trinajstić information content (AvgIpc) is 3.18. The molecule has 134 valence electrons. The maximum atomic E-state index is 13.1. The fourth-order valence-electron chi connectivity index (χ4n) is 3.58. The monoisotopic (exact) mass is 481 g/mol. The van der Waals surface area contributed by atoms with Gasteiger partial charge in [0.2, 0.25) is 5.91 Å². The molecule has 4 amide bonds. The van der Waals surface area contributed by atoms with Crippen LogP contribution in [0.15, 0.2) is 35.7 Å². The predicted octanol–water partition coefficient (Wildman–Crippen LogP) is 3.07. The van der Waals surface area contributed by atoms with E-state index in [2.05, 4.69) is 33.2 Å². The number of carbonyl (C=O) groups excluding carboxylic acids is 3. The van der Waals surface area contributed by atoms with Crippen LogP contribution >= 0.6 is 33.9 Å². The topological polar surface area (TPSA) is 78.5 Å². The van der Waals surface area contributed by atoms with Gasteiger partial charge in [0.1, 0.15) is 12.1 Å². The van der Waals surface area contributed by atoms with Crippen molar-refractivity contribution in [2.75, 3.05) is 11.9 Å². The molecule has 2 aliphatic rings. The summed E-state index contributed by atoms with van der Waals surface area (Å²) in [5.41, 5.74) is 0.539. The van der Waals surface area contributed by atoms with Gasteiger partial charge in [-0.05, 0) is 65.4 Å². The fraction of sp³-hybridized carbons (Fsp3) is 0.278. The first-order valence-electron chi connectivity index (χ1n) is 8.26. The second-order valence-corrected chi connectivity index (χ2v) is 8.53. The van der Waals surface area contributed by atoms with Crippen LogP contribution in [0.4, 0.5) is 10.5 Å². The molecule has 2 aromatic rings. The molecule has 1 aliphatic heterocycles. The summed E-state index contributed by atoms with van der Waals surface area (Å²) in [6, 6.07) is 8.76. The quantitative estimate of drug-likeness (QED) is 0.523. The van der Waals surface area contributed by atoms with Gasteiger partial charge in [0.05, 0.1) is 5.69 Å². The van der Waals surface area contributed by atoms with Crippen LogP contribution < -0.4 is 10.6 Å². The third-order valence-corrected chi connectivity index (χ3v) is 6.71. The van der Waals surface area contributed by atoms with Gasteiger partial charge in [-0.3, -0.25) is 14.5 Å². The lowest BCUT2D eigenvalue weighted by Gasteiger charge is -2.31. The molecular weight excluding hydrogens is 465 g/mol. The van der Waals surface area contributed by atoms with Gasteiger partial charge in [0.25, 0.3) is 5.91 Å². The van der Waals surface area contributed by atoms with E-state index in [1.807, 2.05) is 29.6 Å². The molecule has 6 nitrogen and oxygen atoms in total. The van der Waals surface area contributed by atoms with Gasteiger partial charge in [0.15, 0.2) is 0 Å². The first kappa shape index (κ1) is 17.5. The summed E-state index contributed by atoms with van der Waals surface area (Å²) < 4.78 is 0.891. The van der Waals surface area contributed by atoms with Crippen LogP contribution in [-0.2, 0) is 21.5 Å². The second-order valence-electron chi connectivity index (χ2n) is 6.37. The fourth-order valence-corrected chi connectivity index (χ4v) is 5.10.